The van der Waals surface area contributed by atoms with Crippen molar-refractivity contribution in [2.75, 3.05) is 13.2 Å². The summed E-state index contributed by atoms with van der Waals surface area (Å²) in [6, 6.07) is 0. The van der Waals surface area contributed by atoms with E-state index in [4.69, 9.17) is 14.2 Å². The number of rotatable bonds is 40. The predicted molar refractivity (Wildman–Crippen MR) is 219 cm³/mol. The Kier molecular flexibility index (Phi) is 40.0. The quantitative estimate of drug-likeness (QED) is 0.0270. The fourth-order valence-electron chi connectivity index (χ4n) is 6.23. The molecule has 0 radical (unpaired) electrons. The van der Waals surface area contributed by atoms with Gasteiger partial charge in [0.25, 0.3) is 0 Å². The molecule has 0 N–H and O–H groups in total. The van der Waals surface area contributed by atoms with E-state index in [1.165, 1.54) is 122 Å². The highest BCUT2D eigenvalue weighted by molar-refractivity contribution is 5.71. The number of unbranched alkanes of at least 4 members (excludes halogenated alkanes) is 25. The Hall–Kier alpha value is -2.11. The number of hydrogen-bond acceptors (Lipinski definition) is 6. The zero-order valence-corrected chi connectivity index (χ0v) is 34.6. The third kappa shape index (κ3) is 39.1. The van der Waals surface area contributed by atoms with Gasteiger partial charge in [-0.25, -0.2) is 0 Å². The van der Waals surface area contributed by atoms with Crippen LogP contribution in [-0.4, -0.2) is 37.2 Å². The molecule has 0 aliphatic heterocycles. The highest BCUT2D eigenvalue weighted by atomic mass is 16.6. The van der Waals surface area contributed by atoms with Gasteiger partial charge in [0, 0.05) is 19.3 Å². The Morgan fingerprint density at radius 3 is 1.02 bits per heavy atom. The molecular weight excluding hydrogens is 648 g/mol. The minimum absolute atomic E-state index is 0.0758. The largest absolute Gasteiger partial charge is 0.462 e. The van der Waals surface area contributed by atoms with E-state index in [0.717, 1.165) is 70.6 Å². The van der Waals surface area contributed by atoms with Crippen molar-refractivity contribution < 1.29 is 28.6 Å². The highest BCUT2D eigenvalue weighted by Crippen LogP contribution is 2.14. The highest BCUT2D eigenvalue weighted by Gasteiger charge is 2.19. The van der Waals surface area contributed by atoms with Crippen molar-refractivity contribution in [3.63, 3.8) is 0 Å². The fraction of sp³-hybridized carbons (Fsp3) is 0.848. The van der Waals surface area contributed by atoms with Crippen LogP contribution in [0.3, 0.4) is 0 Å². The zero-order valence-electron chi connectivity index (χ0n) is 34.6. The Balaban J connectivity index is 4.38. The van der Waals surface area contributed by atoms with Crippen LogP contribution in [0.5, 0.6) is 0 Å². The standard InChI is InChI=1S/C46H84O6/c1-4-7-10-13-16-19-22-25-28-31-34-37-40-46(49)52-43(41-50-44(47)38-35-32-29-26-23-20-17-14-11-8-5-2)42-51-45(48)39-36-33-30-27-24-21-18-15-12-9-6-3/h14-15,17-18,43H,4-13,16,19-42H2,1-3H3/b17-14-,18-15-. The SMILES string of the molecule is CCCC/C=C\CCCCCCCC(=O)OCC(COC(=O)CCCCCCC/C=C\CCCC)OC(=O)CCCCCCCCCCCCCC. The van der Waals surface area contributed by atoms with E-state index in [0.29, 0.717) is 19.3 Å². The van der Waals surface area contributed by atoms with Gasteiger partial charge in [-0.15, -0.1) is 0 Å². The van der Waals surface area contributed by atoms with Gasteiger partial charge in [0.1, 0.15) is 13.2 Å². The average molecular weight is 733 g/mol. The van der Waals surface area contributed by atoms with E-state index in [1.807, 2.05) is 0 Å². The molecule has 0 fully saturated rings. The maximum atomic E-state index is 12.7. The van der Waals surface area contributed by atoms with Crippen LogP contribution in [0.15, 0.2) is 24.3 Å². The molecule has 0 aliphatic carbocycles. The molecule has 0 aliphatic rings. The summed E-state index contributed by atoms with van der Waals surface area (Å²) in [6.07, 6.45) is 44.4. The van der Waals surface area contributed by atoms with Gasteiger partial charge < -0.3 is 14.2 Å². The molecule has 6 heteroatoms. The van der Waals surface area contributed by atoms with Gasteiger partial charge in [-0.3, -0.25) is 14.4 Å². The maximum Gasteiger partial charge on any atom is 0.306 e. The molecule has 52 heavy (non-hydrogen) atoms. The molecular formula is C46H84O6. The molecule has 0 saturated carbocycles. The number of carbonyl (C=O) groups is 3. The summed E-state index contributed by atoms with van der Waals surface area (Å²) in [5.41, 5.74) is 0. The number of carbonyl (C=O) groups excluding carboxylic acids is 3. The molecule has 0 amide bonds. The molecule has 0 heterocycles. The third-order valence-electron chi connectivity index (χ3n) is 9.68. The van der Waals surface area contributed by atoms with E-state index in [1.54, 1.807) is 0 Å². The van der Waals surface area contributed by atoms with Crippen LogP contribution in [0.1, 0.15) is 233 Å². The normalized spacial score (nSPS) is 11.6. The molecule has 6 nitrogen and oxygen atoms in total. The fourth-order valence-corrected chi connectivity index (χ4v) is 6.23. The molecule has 0 unspecified atom stereocenters. The van der Waals surface area contributed by atoms with Crippen molar-refractivity contribution in [1.29, 1.82) is 0 Å². The van der Waals surface area contributed by atoms with Crippen molar-refractivity contribution in [3.8, 4) is 0 Å². The first-order valence-electron chi connectivity index (χ1n) is 22.3. The van der Waals surface area contributed by atoms with Gasteiger partial charge in [0.2, 0.25) is 0 Å². The summed E-state index contributed by atoms with van der Waals surface area (Å²) in [7, 11) is 0. The number of allylic oxidation sites excluding steroid dienone is 4. The molecule has 0 spiro atoms. The third-order valence-corrected chi connectivity index (χ3v) is 9.68. The summed E-state index contributed by atoms with van der Waals surface area (Å²) >= 11 is 0. The van der Waals surface area contributed by atoms with Crippen LogP contribution in [0, 0.1) is 0 Å². The van der Waals surface area contributed by atoms with Crippen LogP contribution < -0.4 is 0 Å². The number of esters is 3. The maximum absolute atomic E-state index is 12.7. The topological polar surface area (TPSA) is 78.9 Å². The lowest BCUT2D eigenvalue weighted by Crippen LogP contribution is -2.30. The molecule has 0 bridgehead atoms. The van der Waals surface area contributed by atoms with E-state index in [2.05, 4.69) is 45.1 Å². The number of ether oxygens (including phenoxy) is 3. The predicted octanol–water partition coefficient (Wildman–Crippen LogP) is 14.0. The van der Waals surface area contributed by atoms with Gasteiger partial charge in [-0.1, -0.05) is 180 Å². The lowest BCUT2D eigenvalue weighted by Gasteiger charge is -2.18. The van der Waals surface area contributed by atoms with Crippen LogP contribution in [0.2, 0.25) is 0 Å². The smallest absolute Gasteiger partial charge is 0.306 e. The molecule has 0 aromatic carbocycles. The van der Waals surface area contributed by atoms with Gasteiger partial charge in [-0.05, 0) is 57.8 Å². The average Bonchev–Trinajstić information content (AvgIpc) is 3.14. The van der Waals surface area contributed by atoms with Crippen LogP contribution in [0.25, 0.3) is 0 Å². The van der Waals surface area contributed by atoms with Crippen molar-refractivity contribution in [2.24, 2.45) is 0 Å². The summed E-state index contributed by atoms with van der Waals surface area (Å²) < 4.78 is 16.7. The second-order valence-corrected chi connectivity index (χ2v) is 15.0. The molecule has 304 valence electrons. The van der Waals surface area contributed by atoms with E-state index in [9.17, 15) is 14.4 Å². The molecule has 0 saturated heterocycles. The second-order valence-electron chi connectivity index (χ2n) is 15.0. The lowest BCUT2D eigenvalue weighted by atomic mass is 10.0. The summed E-state index contributed by atoms with van der Waals surface area (Å²) in [6.45, 7) is 6.54. The van der Waals surface area contributed by atoms with Crippen molar-refractivity contribution >= 4 is 17.9 Å². The minimum atomic E-state index is -0.770. The summed E-state index contributed by atoms with van der Waals surface area (Å²) in [4.78, 5) is 37.6. The van der Waals surface area contributed by atoms with Crippen molar-refractivity contribution in [2.45, 2.75) is 239 Å². The Morgan fingerprint density at radius 2 is 0.654 bits per heavy atom. The van der Waals surface area contributed by atoms with Crippen LogP contribution >= 0.6 is 0 Å². The first-order chi connectivity index (χ1) is 25.5. The molecule has 0 aromatic rings. The Bertz CT molecular complexity index is 802. The Labute approximate surface area is 322 Å². The van der Waals surface area contributed by atoms with E-state index in [-0.39, 0.29) is 31.1 Å². The van der Waals surface area contributed by atoms with Gasteiger partial charge in [0.05, 0.1) is 0 Å². The van der Waals surface area contributed by atoms with Crippen molar-refractivity contribution in [3.05, 3.63) is 24.3 Å². The molecule has 0 rings (SSSR count). The summed E-state index contributed by atoms with van der Waals surface area (Å²) in [5.74, 6) is -0.892. The Morgan fingerprint density at radius 1 is 0.365 bits per heavy atom. The molecule has 0 atom stereocenters. The first kappa shape index (κ1) is 49.9. The van der Waals surface area contributed by atoms with E-state index < -0.39 is 6.10 Å². The zero-order chi connectivity index (χ0) is 38.0. The van der Waals surface area contributed by atoms with Gasteiger partial charge >= 0.3 is 17.9 Å². The van der Waals surface area contributed by atoms with Crippen molar-refractivity contribution in [1.82, 2.24) is 0 Å². The lowest BCUT2D eigenvalue weighted by molar-refractivity contribution is -0.167. The minimum Gasteiger partial charge on any atom is -0.462 e. The van der Waals surface area contributed by atoms with Crippen LogP contribution in [0.4, 0.5) is 0 Å². The van der Waals surface area contributed by atoms with Gasteiger partial charge in [0.15, 0.2) is 6.10 Å². The van der Waals surface area contributed by atoms with E-state index >= 15 is 0 Å². The second kappa shape index (κ2) is 41.6. The van der Waals surface area contributed by atoms with Crippen LogP contribution in [-0.2, 0) is 28.6 Å². The monoisotopic (exact) mass is 733 g/mol. The number of hydrogen-bond donors (Lipinski definition) is 0. The first-order valence-corrected chi connectivity index (χ1v) is 22.3. The van der Waals surface area contributed by atoms with Gasteiger partial charge in [-0.2, -0.15) is 0 Å². The summed E-state index contributed by atoms with van der Waals surface area (Å²) in [5, 5.41) is 0. The molecule has 0 aromatic heterocycles.